The van der Waals surface area contributed by atoms with Crippen LogP contribution in [0.1, 0.15) is 11.3 Å². The molecule has 0 aliphatic rings. The van der Waals surface area contributed by atoms with Gasteiger partial charge in [0, 0.05) is 11.6 Å². The van der Waals surface area contributed by atoms with Gasteiger partial charge in [-0.15, -0.1) is 13.2 Å². The highest BCUT2D eigenvalue weighted by molar-refractivity contribution is 5.40. The van der Waals surface area contributed by atoms with Crippen molar-refractivity contribution in [3.8, 4) is 11.6 Å². The lowest BCUT2D eigenvalue weighted by Crippen LogP contribution is -2.20. The third-order valence-electron chi connectivity index (χ3n) is 1.90. The van der Waals surface area contributed by atoms with E-state index < -0.39 is 35.4 Å². The molecule has 0 fully saturated rings. The molecular formula is C9H7F6NO2. The van der Waals surface area contributed by atoms with Crippen molar-refractivity contribution in [2.45, 2.75) is 19.5 Å². The first-order valence-electron chi connectivity index (χ1n) is 4.43. The number of rotatable bonds is 2. The summed E-state index contributed by atoms with van der Waals surface area (Å²) in [6.45, 7) is 0.830. The Morgan fingerprint density at radius 3 is 2.06 bits per heavy atom. The van der Waals surface area contributed by atoms with Crippen LogP contribution in [0.15, 0.2) is 6.07 Å². The van der Waals surface area contributed by atoms with Crippen LogP contribution >= 0.6 is 0 Å². The van der Waals surface area contributed by atoms with Crippen molar-refractivity contribution in [3.63, 3.8) is 0 Å². The molecule has 1 rings (SSSR count). The molecule has 0 amide bonds. The van der Waals surface area contributed by atoms with Crippen LogP contribution in [0.3, 0.4) is 0 Å². The average Bonchev–Trinajstić information content (AvgIpc) is 2.17. The van der Waals surface area contributed by atoms with Crippen LogP contribution in [0.25, 0.3) is 0 Å². The molecule has 0 saturated heterocycles. The number of nitrogens with zero attached hydrogens (tertiary/aromatic N) is 1. The Labute approximate surface area is 97.3 Å². The van der Waals surface area contributed by atoms with Crippen LogP contribution in [-0.4, -0.2) is 18.5 Å². The van der Waals surface area contributed by atoms with E-state index in [-0.39, 0.29) is 0 Å². The maximum Gasteiger partial charge on any atom is 0.573 e. The van der Waals surface area contributed by atoms with E-state index in [2.05, 4.69) is 14.5 Å². The summed E-state index contributed by atoms with van der Waals surface area (Å²) in [5, 5.41) is 0. The number of hydrogen-bond donors (Lipinski definition) is 0. The van der Waals surface area contributed by atoms with Gasteiger partial charge in [0.1, 0.15) is 5.75 Å². The fourth-order valence-corrected chi connectivity index (χ4v) is 1.17. The summed E-state index contributed by atoms with van der Waals surface area (Å²) < 4.78 is 81.5. The second kappa shape index (κ2) is 4.54. The average molecular weight is 275 g/mol. The van der Waals surface area contributed by atoms with Crippen LogP contribution in [0.2, 0.25) is 0 Å². The quantitative estimate of drug-likeness (QED) is 0.776. The molecule has 0 N–H and O–H groups in total. The lowest BCUT2D eigenvalue weighted by atomic mass is 10.2. The molecular weight excluding hydrogens is 268 g/mol. The van der Waals surface area contributed by atoms with E-state index in [0.717, 1.165) is 14.0 Å². The van der Waals surface area contributed by atoms with Gasteiger partial charge in [-0.2, -0.15) is 13.2 Å². The molecule has 18 heavy (non-hydrogen) atoms. The predicted octanol–water partition coefficient (Wildman–Crippen LogP) is 3.32. The molecule has 0 bridgehead atoms. The van der Waals surface area contributed by atoms with E-state index in [0.29, 0.717) is 6.07 Å². The van der Waals surface area contributed by atoms with Crippen molar-refractivity contribution in [3.05, 3.63) is 17.3 Å². The zero-order valence-electron chi connectivity index (χ0n) is 9.11. The fourth-order valence-electron chi connectivity index (χ4n) is 1.17. The Balaban J connectivity index is 3.34. The van der Waals surface area contributed by atoms with Gasteiger partial charge in [0.25, 0.3) is 0 Å². The van der Waals surface area contributed by atoms with E-state index in [1.54, 1.807) is 0 Å². The molecule has 0 aliphatic heterocycles. The first-order chi connectivity index (χ1) is 8.04. The Morgan fingerprint density at radius 2 is 1.67 bits per heavy atom. The summed E-state index contributed by atoms with van der Waals surface area (Å²) in [4.78, 5) is 3.06. The highest BCUT2D eigenvalue weighted by Gasteiger charge is 2.39. The highest BCUT2D eigenvalue weighted by atomic mass is 19.4. The van der Waals surface area contributed by atoms with Gasteiger partial charge >= 0.3 is 12.5 Å². The molecule has 0 atom stereocenters. The van der Waals surface area contributed by atoms with Gasteiger partial charge in [-0.3, -0.25) is 0 Å². The van der Waals surface area contributed by atoms with Gasteiger partial charge in [-0.05, 0) is 6.92 Å². The van der Waals surface area contributed by atoms with Crippen LogP contribution in [0.4, 0.5) is 26.3 Å². The standard InChI is InChI=1S/C9H7F6NO2/c1-4-5(18-9(13,14)15)3-6(17-2)16-7(4)8(10,11)12/h3H,1-2H3. The van der Waals surface area contributed by atoms with Crippen molar-refractivity contribution < 1.29 is 35.8 Å². The van der Waals surface area contributed by atoms with Gasteiger partial charge in [-0.25, -0.2) is 4.98 Å². The number of ether oxygens (including phenoxy) is 2. The van der Waals surface area contributed by atoms with Crippen LogP contribution in [-0.2, 0) is 6.18 Å². The summed E-state index contributed by atoms with van der Waals surface area (Å²) in [7, 11) is 0.981. The summed E-state index contributed by atoms with van der Waals surface area (Å²) in [5.74, 6) is -1.62. The normalized spacial score (nSPS) is 12.4. The lowest BCUT2D eigenvalue weighted by Gasteiger charge is -2.16. The van der Waals surface area contributed by atoms with E-state index in [1.807, 2.05) is 0 Å². The first-order valence-corrected chi connectivity index (χ1v) is 4.43. The fraction of sp³-hybridized carbons (Fsp3) is 0.444. The molecule has 9 heteroatoms. The van der Waals surface area contributed by atoms with E-state index in [9.17, 15) is 26.3 Å². The number of alkyl halides is 6. The largest absolute Gasteiger partial charge is 0.573 e. The van der Waals surface area contributed by atoms with Crippen LogP contribution in [0, 0.1) is 6.92 Å². The summed E-state index contributed by atoms with van der Waals surface area (Å²) in [5.41, 5.74) is -2.25. The van der Waals surface area contributed by atoms with E-state index in [4.69, 9.17) is 0 Å². The summed E-state index contributed by atoms with van der Waals surface area (Å²) in [6, 6.07) is 0.637. The second-order valence-electron chi connectivity index (χ2n) is 3.18. The molecule has 1 heterocycles. The third kappa shape index (κ3) is 3.41. The van der Waals surface area contributed by atoms with Crippen molar-refractivity contribution in [1.82, 2.24) is 4.98 Å². The second-order valence-corrected chi connectivity index (χ2v) is 3.18. The van der Waals surface area contributed by atoms with Gasteiger partial charge in [0.2, 0.25) is 5.88 Å². The Hall–Kier alpha value is -1.67. The minimum atomic E-state index is -5.10. The molecule has 1 aromatic heterocycles. The third-order valence-corrected chi connectivity index (χ3v) is 1.90. The zero-order valence-corrected chi connectivity index (χ0v) is 9.11. The van der Waals surface area contributed by atoms with Gasteiger partial charge < -0.3 is 9.47 Å². The Morgan fingerprint density at radius 1 is 1.11 bits per heavy atom. The van der Waals surface area contributed by atoms with Crippen molar-refractivity contribution in [2.75, 3.05) is 7.11 Å². The van der Waals surface area contributed by atoms with Crippen molar-refractivity contribution in [1.29, 1.82) is 0 Å². The lowest BCUT2D eigenvalue weighted by molar-refractivity contribution is -0.275. The minimum Gasteiger partial charge on any atom is -0.481 e. The van der Waals surface area contributed by atoms with Crippen LogP contribution < -0.4 is 9.47 Å². The van der Waals surface area contributed by atoms with Gasteiger partial charge in [0.05, 0.1) is 7.11 Å². The van der Waals surface area contributed by atoms with Crippen molar-refractivity contribution in [2.24, 2.45) is 0 Å². The number of aromatic nitrogens is 1. The molecule has 102 valence electrons. The Kier molecular flexibility index (Phi) is 3.63. The molecule has 0 spiro atoms. The van der Waals surface area contributed by atoms with Crippen molar-refractivity contribution >= 4 is 0 Å². The summed E-state index contributed by atoms with van der Waals surface area (Å²) in [6.07, 6.45) is -10.00. The van der Waals surface area contributed by atoms with E-state index >= 15 is 0 Å². The highest BCUT2D eigenvalue weighted by Crippen LogP contribution is 2.37. The molecule has 0 aliphatic carbocycles. The molecule has 1 aromatic rings. The minimum absolute atomic E-state index is 0.618. The van der Waals surface area contributed by atoms with Gasteiger partial charge in [-0.1, -0.05) is 0 Å². The number of hydrogen-bond acceptors (Lipinski definition) is 3. The maximum atomic E-state index is 12.5. The number of pyridine rings is 1. The number of halogens is 6. The molecule has 3 nitrogen and oxygen atoms in total. The monoisotopic (exact) mass is 275 g/mol. The van der Waals surface area contributed by atoms with E-state index in [1.165, 1.54) is 0 Å². The van der Waals surface area contributed by atoms with Crippen LogP contribution in [0.5, 0.6) is 11.6 Å². The predicted molar refractivity (Wildman–Crippen MR) is 47.2 cm³/mol. The smallest absolute Gasteiger partial charge is 0.481 e. The molecule has 0 aromatic carbocycles. The molecule has 0 radical (unpaired) electrons. The zero-order chi connectivity index (χ0) is 14.1. The topological polar surface area (TPSA) is 31.4 Å². The maximum absolute atomic E-state index is 12.5. The Bertz CT molecular complexity index is 440. The van der Waals surface area contributed by atoms with Gasteiger partial charge in [0.15, 0.2) is 5.69 Å². The molecule has 0 unspecified atom stereocenters. The molecule has 0 saturated carbocycles. The SMILES string of the molecule is COc1cc(OC(F)(F)F)c(C)c(C(F)(F)F)n1. The summed E-state index contributed by atoms with van der Waals surface area (Å²) >= 11 is 0. The number of methoxy groups -OCH3 is 1. The first kappa shape index (κ1) is 14.4.